The van der Waals surface area contributed by atoms with E-state index in [1.807, 2.05) is 0 Å². The molecule has 0 amide bonds. The molecule has 0 unspecified atom stereocenters. The van der Waals surface area contributed by atoms with Crippen LogP contribution in [0, 0.1) is 22.5 Å². The summed E-state index contributed by atoms with van der Waals surface area (Å²) in [6.07, 6.45) is 2.55. The summed E-state index contributed by atoms with van der Waals surface area (Å²) in [6.45, 7) is 7.24. The number of carboxylic acid groups (broad SMARTS) is 1. The summed E-state index contributed by atoms with van der Waals surface area (Å²) in [6, 6.07) is 7.15. The van der Waals surface area contributed by atoms with Crippen LogP contribution in [0.5, 0.6) is 0 Å². The minimum Gasteiger partial charge on any atom is -0.477 e. The smallest absolute Gasteiger partial charge is 0.353 e. The highest BCUT2D eigenvalue weighted by molar-refractivity contribution is 6.17. The van der Waals surface area contributed by atoms with Crippen LogP contribution in [0.4, 0.5) is 8.78 Å². The number of fused-ring (bicyclic) bond motifs is 4. The Labute approximate surface area is 297 Å². The van der Waals surface area contributed by atoms with Gasteiger partial charge < -0.3 is 28.5 Å². The van der Waals surface area contributed by atoms with Gasteiger partial charge in [0.05, 0.1) is 56.4 Å². The topological polar surface area (TPSA) is 185 Å². The van der Waals surface area contributed by atoms with Gasteiger partial charge in [-0.15, -0.1) is 0 Å². The summed E-state index contributed by atoms with van der Waals surface area (Å²) >= 11 is 0. The molecule has 4 heterocycles. The van der Waals surface area contributed by atoms with Crippen molar-refractivity contribution >= 4 is 50.7 Å². The predicted octanol–water partition coefficient (Wildman–Crippen LogP) is 5.34. The number of hydrogen-bond acceptors (Lipinski definition) is 9. The van der Waals surface area contributed by atoms with Crippen LogP contribution in [0.3, 0.4) is 0 Å². The van der Waals surface area contributed by atoms with E-state index in [1.165, 1.54) is 30.7 Å². The summed E-state index contributed by atoms with van der Waals surface area (Å²) in [5, 5.41) is 10.3. The third kappa shape index (κ3) is 6.40. The first kappa shape index (κ1) is 36.5. The second kappa shape index (κ2) is 13.0. The Morgan fingerprint density at radius 2 is 1.45 bits per heavy atom. The molecular formula is C37H34F2N4O10. The lowest BCUT2D eigenvalue weighted by Crippen LogP contribution is -2.42. The molecule has 0 saturated heterocycles. The SMILES string of the molecule is CC(C)(C)C(=O)OCn1c(=O)c2cc(Cn3c(C(=O)O)c(-c4ccc[nH]c4=O)c4c5occc5c(F)cc43)c(F)cc2n(COC(=O)C(C)(C)C)c1=O. The number of carbonyl (C=O) groups is 3. The average Bonchev–Trinajstić information content (AvgIpc) is 3.68. The van der Waals surface area contributed by atoms with Gasteiger partial charge >= 0.3 is 23.6 Å². The normalized spacial score (nSPS) is 12.2. The highest BCUT2D eigenvalue weighted by Crippen LogP contribution is 2.40. The fourth-order valence-electron chi connectivity index (χ4n) is 5.87. The van der Waals surface area contributed by atoms with Crippen LogP contribution >= 0.6 is 0 Å². The van der Waals surface area contributed by atoms with Crippen molar-refractivity contribution in [2.45, 2.75) is 61.5 Å². The van der Waals surface area contributed by atoms with Gasteiger partial charge in [0.15, 0.2) is 13.5 Å². The number of rotatable bonds is 8. The fraction of sp³-hybridized carbons (Fsp3) is 0.297. The maximum absolute atomic E-state index is 16.2. The quantitative estimate of drug-likeness (QED) is 0.194. The number of hydrogen-bond donors (Lipinski definition) is 2. The van der Waals surface area contributed by atoms with Crippen LogP contribution in [0.25, 0.3) is 43.9 Å². The van der Waals surface area contributed by atoms with Crippen molar-refractivity contribution in [2.24, 2.45) is 10.8 Å². The molecule has 6 rings (SSSR count). The van der Waals surface area contributed by atoms with Crippen LogP contribution in [0.15, 0.2) is 67.7 Å². The Hall–Kier alpha value is -6.32. The predicted molar refractivity (Wildman–Crippen MR) is 187 cm³/mol. The number of H-pyrrole nitrogens is 1. The lowest BCUT2D eigenvalue weighted by atomic mass is 9.97. The molecule has 2 N–H and O–H groups in total. The summed E-state index contributed by atoms with van der Waals surface area (Å²) in [7, 11) is 0. The van der Waals surface area contributed by atoms with Crippen molar-refractivity contribution in [3.63, 3.8) is 0 Å². The molecule has 0 aliphatic carbocycles. The highest BCUT2D eigenvalue weighted by atomic mass is 19.1. The first-order valence-electron chi connectivity index (χ1n) is 16.2. The maximum Gasteiger partial charge on any atom is 0.353 e. The van der Waals surface area contributed by atoms with Crippen LogP contribution in [0.2, 0.25) is 0 Å². The van der Waals surface area contributed by atoms with E-state index in [0.717, 1.165) is 27.3 Å². The van der Waals surface area contributed by atoms with E-state index < -0.39 is 82.9 Å². The number of pyridine rings is 1. The number of aromatic amines is 1. The molecule has 14 nitrogen and oxygen atoms in total. The molecule has 0 aliphatic rings. The summed E-state index contributed by atoms with van der Waals surface area (Å²) in [5.41, 5.74) is -6.10. The molecule has 4 aromatic heterocycles. The number of aromatic carboxylic acids is 1. The molecular weight excluding hydrogens is 698 g/mol. The van der Waals surface area contributed by atoms with E-state index in [1.54, 1.807) is 41.5 Å². The van der Waals surface area contributed by atoms with Gasteiger partial charge in [0, 0.05) is 17.3 Å². The number of benzene rings is 2. The number of carboxylic acids is 1. The molecule has 0 fully saturated rings. The van der Waals surface area contributed by atoms with E-state index in [4.69, 9.17) is 13.9 Å². The van der Waals surface area contributed by atoms with Crippen LogP contribution in [-0.2, 0) is 39.1 Å². The number of nitrogens with one attached hydrogen (secondary N) is 1. The van der Waals surface area contributed by atoms with E-state index in [0.29, 0.717) is 4.57 Å². The van der Waals surface area contributed by atoms with Crippen molar-refractivity contribution < 1.29 is 42.2 Å². The van der Waals surface area contributed by atoms with Gasteiger partial charge in [0.2, 0.25) is 0 Å². The Kier molecular flexibility index (Phi) is 8.96. The molecule has 6 aromatic rings. The largest absolute Gasteiger partial charge is 0.477 e. The van der Waals surface area contributed by atoms with Crippen molar-refractivity contribution in [3.05, 3.63) is 103 Å². The lowest BCUT2D eigenvalue weighted by molar-refractivity contribution is -0.157. The molecule has 2 aromatic carbocycles. The number of halogens is 2. The summed E-state index contributed by atoms with van der Waals surface area (Å²) in [4.78, 5) is 81.2. The Balaban J connectivity index is 1.60. The minimum atomic E-state index is -1.54. The molecule has 0 radical (unpaired) electrons. The number of furan rings is 1. The number of carbonyl (C=O) groups excluding carboxylic acids is 2. The first-order chi connectivity index (χ1) is 24.8. The third-order valence-corrected chi connectivity index (χ3v) is 8.60. The monoisotopic (exact) mass is 732 g/mol. The molecule has 0 spiro atoms. The number of aromatic nitrogens is 4. The van der Waals surface area contributed by atoms with Gasteiger partial charge in [0.1, 0.15) is 22.9 Å². The van der Waals surface area contributed by atoms with Crippen molar-refractivity contribution in [1.29, 1.82) is 0 Å². The second-order valence-corrected chi connectivity index (χ2v) is 14.5. The molecule has 16 heteroatoms. The van der Waals surface area contributed by atoms with Crippen molar-refractivity contribution in [3.8, 4) is 11.1 Å². The first-order valence-corrected chi connectivity index (χ1v) is 16.2. The van der Waals surface area contributed by atoms with Gasteiger partial charge in [-0.25, -0.2) is 22.9 Å². The van der Waals surface area contributed by atoms with Gasteiger partial charge in [-0.05, 0) is 77.9 Å². The van der Waals surface area contributed by atoms with Crippen molar-refractivity contribution in [2.75, 3.05) is 0 Å². The Morgan fingerprint density at radius 1 is 0.830 bits per heavy atom. The van der Waals surface area contributed by atoms with Gasteiger partial charge in [-0.2, -0.15) is 0 Å². The standard InChI is InChI=1S/C37H34F2N4O10/c1-36(2,3)33(48)52-16-42-24-13-22(38)18(12-21(24)31(45)43(35(42)50)17-53-34(49)37(4,5)6)15-41-25-14-23(39)19-9-11-51-29(19)27(25)26(28(41)32(46)47)20-8-7-10-40-30(20)44/h7-14H,15-17H2,1-6H3,(H,40,44)(H,46,47). The Bertz CT molecular complexity index is 2680. The van der Waals surface area contributed by atoms with Crippen LogP contribution < -0.4 is 16.8 Å². The van der Waals surface area contributed by atoms with Gasteiger partial charge in [-0.1, -0.05) is 0 Å². The number of ether oxygens (including phenoxy) is 2. The van der Waals surface area contributed by atoms with Crippen LogP contribution in [0.1, 0.15) is 57.6 Å². The zero-order valence-corrected chi connectivity index (χ0v) is 29.5. The molecule has 276 valence electrons. The molecule has 0 atom stereocenters. The van der Waals surface area contributed by atoms with E-state index in [-0.39, 0.29) is 49.5 Å². The van der Waals surface area contributed by atoms with E-state index in [9.17, 15) is 33.9 Å². The second-order valence-electron chi connectivity index (χ2n) is 14.5. The molecule has 0 bridgehead atoms. The molecule has 0 aliphatic heterocycles. The maximum atomic E-state index is 16.2. The van der Waals surface area contributed by atoms with Gasteiger partial charge in [0.25, 0.3) is 11.1 Å². The van der Waals surface area contributed by atoms with Gasteiger partial charge in [-0.3, -0.25) is 23.7 Å². The Morgan fingerprint density at radius 3 is 2.06 bits per heavy atom. The molecule has 53 heavy (non-hydrogen) atoms. The van der Waals surface area contributed by atoms with E-state index in [2.05, 4.69) is 4.98 Å². The zero-order chi connectivity index (χ0) is 38.7. The fourth-order valence-corrected chi connectivity index (χ4v) is 5.87. The highest BCUT2D eigenvalue weighted by Gasteiger charge is 2.30. The minimum absolute atomic E-state index is 0.00919. The average molecular weight is 733 g/mol. The number of esters is 2. The molecule has 0 saturated carbocycles. The van der Waals surface area contributed by atoms with E-state index >= 15 is 8.78 Å². The summed E-state index contributed by atoms with van der Waals surface area (Å²) < 4.78 is 50.4. The van der Waals surface area contributed by atoms with Crippen molar-refractivity contribution in [1.82, 2.24) is 18.7 Å². The van der Waals surface area contributed by atoms with Crippen LogP contribution in [-0.4, -0.2) is 41.7 Å². The lowest BCUT2D eigenvalue weighted by Gasteiger charge is -2.20. The zero-order valence-electron chi connectivity index (χ0n) is 29.5. The third-order valence-electron chi connectivity index (χ3n) is 8.60. The number of nitrogens with zero attached hydrogens (tertiary/aromatic N) is 3. The summed E-state index contributed by atoms with van der Waals surface area (Å²) in [5.74, 6) is -4.79.